The van der Waals surface area contributed by atoms with Crippen LogP contribution in [0.25, 0.3) is 0 Å². The second kappa shape index (κ2) is 17.9. The number of cyclic esters (lactones) is 1. The fourth-order valence-corrected chi connectivity index (χ4v) is 9.47. The number of carbonyl (C=O) groups is 2. The first-order valence-corrected chi connectivity index (χ1v) is 19.5. The molecule has 53 heavy (non-hydrogen) atoms. The van der Waals surface area contributed by atoms with Crippen molar-refractivity contribution in [3.05, 3.63) is 0 Å². The molecule has 0 aromatic carbocycles. The smallest absolute Gasteiger partial charge is 0.311 e. The molecule has 0 spiro atoms. The number of hydrogen-bond acceptors (Lipinski definition) is 13. The van der Waals surface area contributed by atoms with Gasteiger partial charge in [-0.1, -0.05) is 48.5 Å². The van der Waals surface area contributed by atoms with Gasteiger partial charge in [-0.25, -0.2) is 0 Å². The van der Waals surface area contributed by atoms with Gasteiger partial charge in [-0.15, -0.1) is 0 Å². The summed E-state index contributed by atoms with van der Waals surface area (Å²) >= 11 is 0. The maximum Gasteiger partial charge on any atom is 0.311 e. The van der Waals surface area contributed by atoms with Crippen molar-refractivity contribution in [1.29, 1.82) is 0 Å². The fraction of sp³-hybridized carbons (Fsp3) is 0.950. The van der Waals surface area contributed by atoms with E-state index in [2.05, 4.69) is 0 Å². The van der Waals surface area contributed by atoms with Gasteiger partial charge in [0, 0.05) is 44.4 Å². The number of likely N-dealkylation sites (N-methyl/N-ethyl adjacent to an activating group) is 1. The lowest BCUT2D eigenvalue weighted by atomic mass is 9.69. The summed E-state index contributed by atoms with van der Waals surface area (Å²) < 4.78 is 44.3. The molecule has 3 aliphatic rings. The lowest BCUT2D eigenvalue weighted by Gasteiger charge is -2.50. The van der Waals surface area contributed by atoms with Gasteiger partial charge in [0.05, 0.1) is 42.0 Å². The van der Waals surface area contributed by atoms with Gasteiger partial charge in [-0.3, -0.25) is 9.59 Å². The van der Waals surface area contributed by atoms with Crippen LogP contribution >= 0.6 is 0 Å². The maximum atomic E-state index is 14.3. The Morgan fingerprint density at radius 1 is 0.868 bits per heavy atom. The first-order valence-electron chi connectivity index (χ1n) is 19.5. The van der Waals surface area contributed by atoms with Gasteiger partial charge < -0.3 is 53.4 Å². The molecular formula is C40H73NO12. The van der Waals surface area contributed by atoms with E-state index >= 15 is 0 Å². The Balaban J connectivity index is 2.21. The van der Waals surface area contributed by atoms with Crippen LogP contribution in [-0.2, 0) is 42.7 Å². The van der Waals surface area contributed by atoms with Gasteiger partial charge in [-0.2, -0.15) is 0 Å². The van der Waals surface area contributed by atoms with Crippen molar-refractivity contribution in [3.63, 3.8) is 0 Å². The number of nitrogens with zero attached hydrogens (tertiary/aromatic N) is 1. The van der Waals surface area contributed by atoms with Crippen LogP contribution < -0.4 is 0 Å². The van der Waals surface area contributed by atoms with Crippen LogP contribution in [0.5, 0.6) is 0 Å². The van der Waals surface area contributed by atoms with Crippen molar-refractivity contribution in [3.8, 4) is 0 Å². The van der Waals surface area contributed by atoms with Crippen LogP contribution in [0.2, 0.25) is 0 Å². The number of carbonyl (C=O) groups excluding carboxylic acids is 2. The van der Waals surface area contributed by atoms with Gasteiger partial charge in [0.25, 0.3) is 0 Å². The van der Waals surface area contributed by atoms with E-state index in [1.165, 1.54) is 6.92 Å². The molecule has 0 radical (unpaired) electrons. The molecule has 0 bridgehead atoms. The molecule has 17 atom stereocenters. The largest absolute Gasteiger partial charge is 0.459 e. The van der Waals surface area contributed by atoms with Crippen LogP contribution in [0, 0.1) is 35.0 Å². The van der Waals surface area contributed by atoms with E-state index in [0.717, 1.165) is 0 Å². The van der Waals surface area contributed by atoms with Crippen LogP contribution in [-0.4, -0.2) is 139 Å². The number of aliphatic hydroxyl groups excluding tert-OH is 2. The maximum absolute atomic E-state index is 14.3. The summed E-state index contributed by atoms with van der Waals surface area (Å²) in [7, 11) is 7.04. The Kier molecular flexibility index (Phi) is 15.6. The highest BCUT2D eigenvalue weighted by atomic mass is 16.7. The van der Waals surface area contributed by atoms with Crippen molar-refractivity contribution in [1.82, 2.24) is 4.90 Å². The summed E-state index contributed by atoms with van der Waals surface area (Å²) in [6.45, 7) is 21.8. The van der Waals surface area contributed by atoms with Crippen molar-refractivity contribution in [2.45, 2.75) is 181 Å². The highest BCUT2D eigenvalue weighted by Crippen LogP contribution is 2.44. The zero-order valence-corrected chi connectivity index (χ0v) is 35.3. The Morgan fingerprint density at radius 3 is 2.00 bits per heavy atom. The van der Waals surface area contributed by atoms with Gasteiger partial charge in [0.1, 0.15) is 29.7 Å². The number of aliphatic hydroxyl groups is 3. The molecule has 0 aromatic heterocycles. The van der Waals surface area contributed by atoms with Gasteiger partial charge in [0.2, 0.25) is 0 Å². The summed E-state index contributed by atoms with van der Waals surface area (Å²) in [5.41, 5.74) is -3.50. The second-order valence-electron chi connectivity index (χ2n) is 18.1. The van der Waals surface area contributed by atoms with Crippen molar-refractivity contribution < 1.29 is 58.1 Å². The predicted octanol–water partition coefficient (Wildman–Crippen LogP) is 3.96. The SMILES string of the molecule is COC1C(C)OC(OC2[C@H](C)C(OC3OC(C)CC(N(C)C)C3O)C(C)(C)C[C@@H](C)C(=O)[C@H](C)C(O)C(C)(O)[C@@H](C(C)C)OC(=O)[C@@H]2C)CC1(C)OC. The zero-order chi connectivity index (χ0) is 40.5. The van der Waals surface area contributed by atoms with Crippen LogP contribution in [0.15, 0.2) is 0 Å². The van der Waals surface area contributed by atoms with E-state index < -0.39 is 101 Å². The molecule has 0 aromatic rings. The van der Waals surface area contributed by atoms with E-state index in [1.54, 1.807) is 41.9 Å². The second-order valence-corrected chi connectivity index (χ2v) is 18.1. The van der Waals surface area contributed by atoms with Crippen LogP contribution in [0.3, 0.4) is 0 Å². The summed E-state index contributed by atoms with van der Waals surface area (Å²) in [6, 6.07) is -0.234. The molecule has 3 rings (SSSR count). The van der Waals surface area contributed by atoms with Crippen LogP contribution in [0.1, 0.15) is 102 Å². The summed E-state index contributed by atoms with van der Waals surface area (Å²) in [5.74, 6) is -4.34. The van der Waals surface area contributed by atoms with Crippen molar-refractivity contribution in [2.75, 3.05) is 28.3 Å². The molecule has 3 fully saturated rings. The first kappa shape index (κ1) is 46.1. The fourth-order valence-electron chi connectivity index (χ4n) is 9.47. The number of esters is 1. The lowest BCUT2D eigenvalue weighted by molar-refractivity contribution is -0.315. The molecule has 0 aliphatic carbocycles. The molecule has 310 valence electrons. The summed E-state index contributed by atoms with van der Waals surface area (Å²) in [5, 5.41) is 35.0. The number of hydrogen-bond donors (Lipinski definition) is 3. The molecule has 13 heteroatoms. The Hall–Kier alpha value is -1.26. The number of methoxy groups -OCH3 is 2. The molecular weight excluding hydrogens is 686 g/mol. The average Bonchev–Trinajstić information content (AvgIpc) is 3.06. The molecule has 13 nitrogen and oxygen atoms in total. The summed E-state index contributed by atoms with van der Waals surface area (Å²) in [6.07, 6.45) is -6.94. The Bertz CT molecular complexity index is 1210. The highest BCUT2D eigenvalue weighted by Gasteiger charge is 2.53. The zero-order valence-electron chi connectivity index (χ0n) is 35.3. The highest BCUT2D eigenvalue weighted by molar-refractivity contribution is 5.83. The molecule has 3 aliphatic heterocycles. The minimum Gasteiger partial charge on any atom is -0.459 e. The topological polar surface area (TPSA) is 163 Å². The van der Waals surface area contributed by atoms with Crippen molar-refractivity contribution in [2.24, 2.45) is 35.0 Å². The third-order valence-electron chi connectivity index (χ3n) is 12.4. The number of ether oxygens (including phenoxy) is 7. The molecule has 3 heterocycles. The van der Waals surface area contributed by atoms with E-state index in [9.17, 15) is 24.9 Å². The van der Waals surface area contributed by atoms with E-state index in [4.69, 9.17) is 33.2 Å². The first-order chi connectivity index (χ1) is 24.3. The molecule has 0 amide bonds. The lowest BCUT2D eigenvalue weighted by Crippen LogP contribution is -2.60. The van der Waals surface area contributed by atoms with E-state index in [0.29, 0.717) is 12.8 Å². The molecule has 0 saturated carbocycles. The number of ketones is 1. The van der Waals surface area contributed by atoms with Crippen molar-refractivity contribution >= 4 is 11.8 Å². The standard InChI is InChI=1S/C40H73NO12/c1-20(2)33-40(12,46)32(44)23(5)29(42)21(3)18-38(9,10)34(53-37-30(43)27(41(13)14)17-22(4)49-37)24(6)31(25(7)36(45)52-33)51-28-19-39(11,48-16)35(47-15)26(8)50-28/h20-28,30-35,37,43-44,46H,17-19H2,1-16H3/t21-,22?,23+,24+,25-,26?,27?,28?,30?,31?,32?,33-,34?,35?,37?,39?,40?/m1/s1. The Morgan fingerprint density at radius 2 is 1.47 bits per heavy atom. The molecule has 3 saturated heterocycles. The average molecular weight is 760 g/mol. The number of rotatable bonds is 8. The predicted molar refractivity (Wildman–Crippen MR) is 199 cm³/mol. The third kappa shape index (κ3) is 10.0. The summed E-state index contributed by atoms with van der Waals surface area (Å²) in [4.78, 5) is 30.3. The van der Waals surface area contributed by atoms with Gasteiger partial charge in [0.15, 0.2) is 12.6 Å². The van der Waals surface area contributed by atoms with E-state index in [1.807, 2.05) is 67.5 Å². The monoisotopic (exact) mass is 760 g/mol. The quantitative estimate of drug-likeness (QED) is 0.305. The molecule has 3 N–H and O–H groups in total. The third-order valence-corrected chi connectivity index (χ3v) is 12.4. The minimum absolute atomic E-state index is 0.213. The van der Waals surface area contributed by atoms with Crippen LogP contribution in [0.4, 0.5) is 0 Å². The minimum atomic E-state index is -1.95. The van der Waals surface area contributed by atoms with Gasteiger partial charge in [-0.05, 0) is 72.9 Å². The van der Waals surface area contributed by atoms with Gasteiger partial charge >= 0.3 is 5.97 Å². The normalized spacial score (nSPS) is 46.6. The van der Waals surface area contributed by atoms with E-state index in [-0.39, 0.29) is 30.5 Å². The molecule has 12 unspecified atom stereocenters. The Labute approximate surface area is 318 Å². The number of Topliss-reactive ketones (excluding diaryl/α,β-unsaturated/α-hetero) is 1.